The molecule has 0 fully saturated rings. The highest BCUT2D eigenvalue weighted by molar-refractivity contribution is 5.81. The maximum Gasteiger partial charge on any atom is 0.401 e. The molecule has 7 heteroatoms. The number of nitrogens with one attached hydrogen (secondary N) is 1. The second-order valence-electron chi connectivity index (χ2n) is 4.37. The van der Waals surface area contributed by atoms with Gasteiger partial charge in [-0.2, -0.15) is 13.2 Å². The van der Waals surface area contributed by atoms with E-state index in [2.05, 4.69) is 5.32 Å². The van der Waals surface area contributed by atoms with E-state index >= 15 is 0 Å². The van der Waals surface area contributed by atoms with Crippen LogP contribution in [0.5, 0.6) is 0 Å². The summed E-state index contributed by atoms with van der Waals surface area (Å²) in [5.41, 5.74) is 5.27. The van der Waals surface area contributed by atoms with Crippen LogP contribution in [0.15, 0.2) is 0 Å². The molecule has 0 aliphatic heterocycles. The molecule has 0 aromatic rings. The van der Waals surface area contributed by atoms with Gasteiger partial charge in [0.25, 0.3) is 0 Å². The fourth-order valence-corrected chi connectivity index (χ4v) is 1.44. The van der Waals surface area contributed by atoms with Crippen molar-refractivity contribution < 1.29 is 18.0 Å². The average Bonchev–Trinajstić information content (AvgIpc) is 2.25. The summed E-state index contributed by atoms with van der Waals surface area (Å²) >= 11 is 0. The van der Waals surface area contributed by atoms with Crippen molar-refractivity contribution in [3.8, 4) is 0 Å². The lowest BCUT2D eigenvalue weighted by Crippen LogP contribution is -2.51. The van der Waals surface area contributed by atoms with Gasteiger partial charge in [-0.3, -0.25) is 9.69 Å². The van der Waals surface area contributed by atoms with Crippen LogP contribution in [0.25, 0.3) is 0 Å². The molecular formula is C11H22F3N3O. The smallest absolute Gasteiger partial charge is 0.352 e. The Morgan fingerprint density at radius 3 is 2.33 bits per heavy atom. The standard InChI is InChI=1S/C11H22F3N3O/c1-4-8(2)16-10(18)9(3)17(6-5-15)7-11(12,13)14/h8-9H,4-7,15H2,1-3H3,(H,16,18). The Hall–Kier alpha value is -0.820. The zero-order chi connectivity index (χ0) is 14.3. The maximum atomic E-state index is 12.4. The summed E-state index contributed by atoms with van der Waals surface area (Å²) < 4.78 is 37.1. The van der Waals surface area contributed by atoms with Gasteiger partial charge in [0.1, 0.15) is 0 Å². The minimum Gasteiger partial charge on any atom is -0.352 e. The second kappa shape index (κ2) is 7.58. The summed E-state index contributed by atoms with van der Waals surface area (Å²) in [6.45, 7) is 4.15. The fraction of sp³-hybridized carbons (Fsp3) is 0.909. The number of nitrogens with zero attached hydrogens (tertiary/aromatic N) is 1. The number of alkyl halides is 3. The number of carbonyl (C=O) groups excluding carboxylic acids is 1. The van der Waals surface area contributed by atoms with E-state index in [0.29, 0.717) is 0 Å². The van der Waals surface area contributed by atoms with E-state index in [1.165, 1.54) is 6.92 Å². The third-order valence-electron chi connectivity index (χ3n) is 2.73. The number of amides is 1. The van der Waals surface area contributed by atoms with E-state index in [1.807, 2.05) is 13.8 Å². The van der Waals surface area contributed by atoms with Crippen molar-refractivity contribution in [2.45, 2.75) is 45.5 Å². The van der Waals surface area contributed by atoms with Crippen molar-refractivity contribution in [1.29, 1.82) is 0 Å². The number of hydrogen-bond donors (Lipinski definition) is 2. The minimum atomic E-state index is -4.33. The molecule has 2 atom stereocenters. The summed E-state index contributed by atoms with van der Waals surface area (Å²) in [6, 6.07) is -0.894. The summed E-state index contributed by atoms with van der Waals surface area (Å²) in [5, 5.41) is 2.67. The molecule has 1 amide bonds. The van der Waals surface area contributed by atoms with Crippen molar-refractivity contribution in [2.75, 3.05) is 19.6 Å². The highest BCUT2D eigenvalue weighted by atomic mass is 19.4. The van der Waals surface area contributed by atoms with Crippen LogP contribution in [-0.2, 0) is 4.79 Å². The molecule has 0 rings (SSSR count). The Morgan fingerprint density at radius 2 is 1.94 bits per heavy atom. The number of rotatable bonds is 7. The number of carbonyl (C=O) groups is 1. The quantitative estimate of drug-likeness (QED) is 0.728. The molecule has 0 saturated heterocycles. The lowest BCUT2D eigenvalue weighted by atomic mass is 10.2. The molecule has 0 spiro atoms. The zero-order valence-corrected chi connectivity index (χ0v) is 11.0. The van der Waals surface area contributed by atoms with Crippen LogP contribution in [0, 0.1) is 0 Å². The maximum absolute atomic E-state index is 12.4. The summed E-state index contributed by atoms with van der Waals surface area (Å²) in [5.74, 6) is -0.401. The highest BCUT2D eigenvalue weighted by Crippen LogP contribution is 2.17. The van der Waals surface area contributed by atoms with Crippen molar-refractivity contribution in [3.05, 3.63) is 0 Å². The molecule has 2 unspecified atom stereocenters. The Bertz CT molecular complexity index is 258. The average molecular weight is 269 g/mol. The van der Waals surface area contributed by atoms with Gasteiger partial charge in [0.2, 0.25) is 5.91 Å². The first-order chi connectivity index (χ1) is 8.21. The van der Waals surface area contributed by atoms with E-state index in [4.69, 9.17) is 5.73 Å². The van der Waals surface area contributed by atoms with Gasteiger partial charge < -0.3 is 11.1 Å². The molecule has 18 heavy (non-hydrogen) atoms. The van der Waals surface area contributed by atoms with Crippen molar-refractivity contribution in [1.82, 2.24) is 10.2 Å². The first kappa shape index (κ1) is 17.2. The number of hydrogen-bond acceptors (Lipinski definition) is 3. The topological polar surface area (TPSA) is 58.4 Å². The summed E-state index contributed by atoms with van der Waals surface area (Å²) in [4.78, 5) is 12.8. The normalized spacial score (nSPS) is 15.6. The largest absolute Gasteiger partial charge is 0.401 e. The Balaban J connectivity index is 4.54. The van der Waals surface area contributed by atoms with Gasteiger partial charge in [0, 0.05) is 19.1 Å². The van der Waals surface area contributed by atoms with Crippen molar-refractivity contribution in [3.63, 3.8) is 0 Å². The molecule has 3 N–H and O–H groups in total. The second-order valence-corrected chi connectivity index (χ2v) is 4.37. The van der Waals surface area contributed by atoms with Gasteiger partial charge in [0.05, 0.1) is 12.6 Å². The van der Waals surface area contributed by atoms with E-state index in [9.17, 15) is 18.0 Å². The van der Waals surface area contributed by atoms with Crippen LogP contribution in [0.2, 0.25) is 0 Å². The van der Waals surface area contributed by atoms with Crippen LogP contribution in [0.4, 0.5) is 13.2 Å². The number of nitrogens with two attached hydrogens (primary N) is 1. The van der Waals surface area contributed by atoms with Crippen LogP contribution < -0.4 is 11.1 Å². The Labute approximate surface area is 106 Å². The van der Waals surface area contributed by atoms with Gasteiger partial charge in [-0.25, -0.2) is 0 Å². The third-order valence-corrected chi connectivity index (χ3v) is 2.73. The molecule has 0 saturated carbocycles. The summed E-state index contributed by atoms with van der Waals surface area (Å²) in [6.07, 6.45) is -3.60. The lowest BCUT2D eigenvalue weighted by molar-refractivity contribution is -0.154. The van der Waals surface area contributed by atoms with E-state index in [1.54, 1.807) is 0 Å². The van der Waals surface area contributed by atoms with E-state index in [0.717, 1.165) is 11.3 Å². The summed E-state index contributed by atoms with van der Waals surface area (Å²) in [7, 11) is 0. The molecule has 4 nitrogen and oxygen atoms in total. The van der Waals surface area contributed by atoms with E-state index < -0.39 is 24.7 Å². The molecule has 108 valence electrons. The van der Waals surface area contributed by atoms with Crippen LogP contribution >= 0.6 is 0 Å². The third kappa shape index (κ3) is 6.80. The Morgan fingerprint density at radius 1 is 1.39 bits per heavy atom. The molecule has 0 heterocycles. The van der Waals surface area contributed by atoms with Crippen LogP contribution in [0.1, 0.15) is 27.2 Å². The van der Waals surface area contributed by atoms with Crippen molar-refractivity contribution in [2.24, 2.45) is 5.73 Å². The van der Waals surface area contributed by atoms with Crippen LogP contribution in [-0.4, -0.2) is 48.7 Å². The fourth-order valence-electron chi connectivity index (χ4n) is 1.44. The SMILES string of the molecule is CCC(C)NC(=O)C(C)N(CCN)CC(F)(F)F. The monoisotopic (exact) mass is 269 g/mol. The molecule has 0 aliphatic carbocycles. The van der Waals surface area contributed by atoms with Gasteiger partial charge in [-0.05, 0) is 20.3 Å². The van der Waals surface area contributed by atoms with Crippen LogP contribution in [0.3, 0.4) is 0 Å². The predicted octanol–water partition coefficient (Wildman–Crippen LogP) is 1.11. The molecule has 0 aromatic heterocycles. The molecule has 0 bridgehead atoms. The minimum absolute atomic E-state index is 0.0363. The van der Waals surface area contributed by atoms with Gasteiger partial charge in [-0.1, -0.05) is 6.92 Å². The molecule has 0 aromatic carbocycles. The first-order valence-corrected chi connectivity index (χ1v) is 6.02. The molecular weight excluding hydrogens is 247 g/mol. The van der Waals surface area contributed by atoms with Gasteiger partial charge in [-0.15, -0.1) is 0 Å². The highest BCUT2D eigenvalue weighted by Gasteiger charge is 2.34. The Kier molecular flexibility index (Phi) is 7.23. The van der Waals surface area contributed by atoms with E-state index in [-0.39, 0.29) is 19.1 Å². The van der Waals surface area contributed by atoms with Gasteiger partial charge in [0.15, 0.2) is 0 Å². The number of halogens is 3. The molecule has 0 radical (unpaired) electrons. The van der Waals surface area contributed by atoms with Crippen molar-refractivity contribution >= 4 is 5.91 Å². The predicted molar refractivity (Wildman–Crippen MR) is 64.0 cm³/mol. The molecule has 0 aliphatic rings. The van der Waals surface area contributed by atoms with Gasteiger partial charge >= 0.3 is 6.18 Å². The first-order valence-electron chi connectivity index (χ1n) is 6.02. The lowest BCUT2D eigenvalue weighted by Gasteiger charge is -2.29. The zero-order valence-electron chi connectivity index (χ0n) is 11.0.